The van der Waals surface area contributed by atoms with Gasteiger partial charge in [-0.3, -0.25) is 0 Å². The Morgan fingerprint density at radius 1 is 1.28 bits per heavy atom. The van der Waals surface area contributed by atoms with Gasteiger partial charge in [0.2, 0.25) is 0 Å². The summed E-state index contributed by atoms with van der Waals surface area (Å²) in [6, 6.07) is 1.00. The van der Waals surface area contributed by atoms with Crippen molar-refractivity contribution in [2.24, 2.45) is 5.41 Å². The Labute approximate surface area is 110 Å². The van der Waals surface area contributed by atoms with E-state index in [1.54, 1.807) is 0 Å². The molecule has 0 radical (unpaired) electrons. The minimum Gasteiger partial charge on any atom is -0.444 e. The molecule has 2 aliphatic carbocycles. The third-order valence-corrected chi connectivity index (χ3v) is 4.27. The highest BCUT2D eigenvalue weighted by molar-refractivity contribution is 5.68. The van der Waals surface area contributed by atoms with Crippen molar-refractivity contribution >= 4 is 6.09 Å². The molecular weight excluding hydrogens is 228 g/mol. The van der Waals surface area contributed by atoms with Crippen LogP contribution < -0.4 is 10.6 Å². The molecule has 0 aromatic carbocycles. The van der Waals surface area contributed by atoms with E-state index in [1.165, 1.54) is 25.7 Å². The van der Waals surface area contributed by atoms with Gasteiger partial charge in [-0.05, 0) is 65.3 Å². The number of amides is 1. The summed E-state index contributed by atoms with van der Waals surface area (Å²) in [5.41, 5.74) is -0.0276. The Bertz CT molecular complexity index is 314. The predicted octanol–water partition coefficient (Wildman–Crippen LogP) is 2.43. The molecule has 2 rings (SSSR count). The Hall–Kier alpha value is -0.770. The number of hydrogen-bond donors (Lipinski definition) is 2. The van der Waals surface area contributed by atoms with Gasteiger partial charge >= 0.3 is 6.09 Å². The minimum absolute atomic E-state index is 0.264. The number of alkyl carbamates (subject to hydrolysis) is 1. The zero-order valence-corrected chi connectivity index (χ0v) is 12.0. The first-order valence-electron chi connectivity index (χ1n) is 7.01. The van der Waals surface area contributed by atoms with Crippen LogP contribution in [0.15, 0.2) is 0 Å². The van der Waals surface area contributed by atoms with E-state index in [4.69, 9.17) is 4.74 Å². The third-order valence-electron chi connectivity index (χ3n) is 4.27. The molecule has 1 spiro atoms. The highest BCUT2D eigenvalue weighted by atomic mass is 16.6. The van der Waals surface area contributed by atoms with Crippen LogP contribution in [-0.2, 0) is 4.74 Å². The fraction of sp³-hybridized carbons (Fsp3) is 0.929. The van der Waals surface area contributed by atoms with E-state index in [0.717, 1.165) is 6.42 Å². The van der Waals surface area contributed by atoms with Gasteiger partial charge in [0.05, 0.1) is 0 Å². The predicted molar refractivity (Wildman–Crippen MR) is 71.5 cm³/mol. The largest absolute Gasteiger partial charge is 0.444 e. The van der Waals surface area contributed by atoms with Crippen molar-refractivity contribution in [1.29, 1.82) is 0 Å². The smallest absolute Gasteiger partial charge is 0.407 e. The molecule has 0 saturated heterocycles. The lowest BCUT2D eigenvalue weighted by Crippen LogP contribution is -2.38. The van der Waals surface area contributed by atoms with Crippen molar-refractivity contribution in [3.05, 3.63) is 0 Å². The quantitative estimate of drug-likeness (QED) is 0.795. The van der Waals surface area contributed by atoms with Gasteiger partial charge in [0.25, 0.3) is 0 Å². The second-order valence-electron chi connectivity index (χ2n) is 6.83. The van der Waals surface area contributed by atoms with Crippen molar-refractivity contribution in [3.8, 4) is 0 Å². The molecular formula is C14H26N2O2. The Balaban J connectivity index is 1.76. The summed E-state index contributed by atoms with van der Waals surface area (Å²) in [5, 5.41) is 6.37. The Kier molecular flexibility index (Phi) is 3.58. The van der Waals surface area contributed by atoms with Crippen molar-refractivity contribution < 1.29 is 9.53 Å². The molecule has 2 fully saturated rings. The van der Waals surface area contributed by atoms with Gasteiger partial charge in [-0.25, -0.2) is 4.79 Å². The van der Waals surface area contributed by atoms with Crippen LogP contribution in [0.3, 0.4) is 0 Å². The lowest BCUT2D eigenvalue weighted by Gasteiger charge is -2.29. The molecule has 2 aliphatic rings. The van der Waals surface area contributed by atoms with E-state index >= 15 is 0 Å². The summed E-state index contributed by atoms with van der Waals surface area (Å²) in [4.78, 5) is 11.7. The molecule has 0 aromatic heterocycles. The first-order chi connectivity index (χ1) is 8.35. The van der Waals surface area contributed by atoms with Crippen molar-refractivity contribution in [1.82, 2.24) is 10.6 Å². The maximum atomic E-state index is 11.7. The molecule has 1 unspecified atom stereocenters. The molecule has 2 N–H and O–H groups in total. The van der Waals surface area contributed by atoms with Crippen molar-refractivity contribution in [2.45, 2.75) is 70.6 Å². The fourth-order valence-electron chi connectivity index (χ4n) is 3.04. The van der Waals surface area contributed by atoms with E-state index in [0.29, 0.717) is 17.5 Å². The zero-order valence-electron chi connectivity index (χ0n) is 12.0. The summed E-state index contributed by atoms with van der Waals surface area (Å²) in [7, 11) is 2.03. The van der Waals surface area contributed by atoms with Gasteiger partial charge in [0, 0.05) is 12.1 Å². The van der Waals surface area contributed by atoms with Crippen LogP contribution in [0.5, 0.6) is 0 Å². The van der Waals surface area contributed by atoms with E-state index < -0.39 is 5.60 Å². The number of carbonyl (C=O) groups is 1. The van der Waals surface area contributed by atoms with Gasteiger partial charge in [0.15, 0.2) is 0 Å². The number of nitrogens with one attached hydrogen (secondary N) is 2. The topological polar surface area (TPSA) is 50.4 Å². The van der Waals surface area contributed by atoms with Gasteiger partial charge in [-0.1, -0.05) is 0 Å². The maximum absolute atomic E-state index is 11.7. The standard InChI is InChI=1S/C14H26N2O2/c1-13(2,3)18-12(17)16-11-9-14(11)7-5-10(15-4)6-8-14/h10-11,15H,5-9H2,1-4H3,(H,16,17). The SMILES string of the molecule is CNC1CCC2(CC1)CC2NC(=O)OC(C)(C)C. The minimum atomic E-state index is -0.407. The summed E-state index contributed by atoms with van der Waals surface area (Å²) in [6.45, 7) is 5.69. The van der Waals surface area contributed by atoms with Crippen LogP contribution in [-0.4, -0.2) is 30.8 Å². The first-order valence-corrected chi connectivity index (χ1v) is 7.01. The summed E-state index contributed by atoms with van der Waals surface area (Å²) >= 11 is 0. The third kappa shape index (κ3) is 3.16. The van der Waals surface area contributed by atoms with Crippen LogP contribution in [0, 0.1) is 5.41 Å². The molecule has 104 valence electrons. The van der Waals surface area contributed by atoms with Crippen LogP contribution in [0.4, 0.5) is 4.79 Å². The van der Waals surface area contributed by atoms with Crippen LogP contribution in [0.1, 0.15) is 52.9 Å². The highest BCUT2D eigenvalue weighted by Gasteiger charge is 2.55. The van der Waals surface area contributed by atoms with Crippen LogP contribution in [0.25, 0.3) is 0 Å². The lowest BCUT2D eigenvalue weighted by atomic mass is 9.83. The zero-order chi connectivity index (χ0) is 13.4. The Morgan fingerprint density at radius 2 is 1.89 bits per heavy atom. The molecule has 0 aromatic rings. The second-order valence-corrected chi connectivity index (χ2v) is 6.83. The van der Waals surface area contributed by atoms with E-state index in [-0.39, 0.29) is 6.09 Å². The average Bonchev–Trinajstić information content (AvgIpc) is 2.89. The normalized spacial score (nSPS) is 35.3. The van der Waals surface area contributed by atoms with Crippen LogP contribution in [0.2, 0.25) is 0 Å². The second kappa shape index (κ2) is 4.72. The molecule has 0 heterocycles. The number of rotatable bonds is 2. The van der Waals surface area contributed by atoms with Gasteiger partial charge in [0.1, 0.15) is 5.60 Å². The molecule has 2 saturated carbocycles. The molecule has 0 bridgehead atoms. The molecule has 18 heavy (non-hydrogen) atoms. The van der Waals surface area contributed by atoms with Crippen LogP contribution >= 0.6 is 0 Å². The van der Waals surface area contributed by atoms with Crippen molar-refractivity contribution in [3.63, 3.8) is 0 Å². The van der Waals surface area contributed by atoms with Gasteiger partial charge in [-0.2, -0.15) is 0 Å². The molecule has 1 amide bonds. The summed E-state index contributed by atoms with van der Waals surface area (Å²) < 4.78 is 5.30. The molecule has 1 atom stereocenters. The van der Waals surface area contributed by atoms with Gasteiger partial charge in [-0.15, -0.1) is 0 Å². The lowest BCUT2D eigenvalue weighted by molar-refractivity contribution is 0.0512. The summed E-state index contributed by atoms with van der Waals surface area (Å²) in [6.07, 6.45) is 5.76. The van der Waals surface area contributed by atoms with Gasteiger partial charge < -0.3 is 15.4 Å². The fourth-order valence-corrected chi connectivity index (χ4v) is 3.04. The van der Waals surface area contributed by atoms with E-state index in [1.807, 2.05) is 27.8 Å². The molecule has 0 aliphatic heterocycles. The average molecular weight is 254 g/mol. The Morgan fingerprint density at radius 3 is 2.39 bits per heavy atom. The number of ether oxygens (including phenoxy) is 1. The van der Waals surface area contributed by atoms with Crippen molar-refractivity contribution in [2.75, 3.05) is 7.05 Å². The summed E-state index contributed by atoms with van der Waals surface area (Å²) in [5.74, 6) is 0. The monoisotopic (exact) mass is 254 g/mol. The first kappa shape index (κ1) is 13.7. The van der Waals surface area contributed by atoms with E-state index in [2.05, 4.69) is 10.6 Å². The van der Waals surface area contributed by atoms with E-state index in [9.17, 15) is 4.79 Å². The maximum Gasteiger partial charge on any atom is 0.407 e. The molecule has 4 nitrogen and oxygen atoms in total. The highest BCUT2D eigenvalue weighted by Crippen LogP contribution is 2.56. The number of carbonyl (C=O) groups excluding carboxylic acids is 1. The number of hydrogen-bond acceptors (Lipinski definition) is 3. The molecule has 4 heteroatoms.